The second-order valence-corrected chi connectivity index (χ2v) is 5.47. The van der Waals surface area contributed by atoms with Gasteiger partial charge in [-0.05, 0) is 43.5 Å². The predicted octanol–water partition coefficient (Wildman–Crippen LogP) is 2.57. The molecule has 0 unspecified atom stereocenters. The van der Waals surface area contributed by atoms with Crippen LogP contribution in [0.3, 0.4) is 0 Å². The van der Waals surface area contributed by atoms with Gasteiger partial charge in [-0.25, -0.2) is 0 Å². The van der Waals surface area contributed by atoms with Crippen molar-refractivity contribution >= 4 is 17.5 Å². The van der Waals surface area contributed by atoms with Crippen LogP contribution in [0, 0.1) is 5.92 Å². The lowest BCUT2D eigenvalue weighted by Gasteiger charge is -2.12. The molecule has 0 aliphatic carbocycles. The molecule has 1 aromatic rings. The van der Waals surface area contributed by atoms with Crippen molar-refractivity contribution in [1.29, 1.82) is 0 Å². The molecular weight excluding hydrogens is 268 g/mol. The van der Waals surface area contributed by atoms with Gasteiger partial charge in [0.15, 0.2) is 0 Å². The van der Waals surface area contributed by atoms with Gasteiger partial charge in [0, 0.05) is 11.7 Å². The lowest BCUT2D eigenvalue weighted by Crippen LogP contribution is -2.40. The maximum atomic E-state index is 11.7. The largest absolute Gasteiger partial charge is 0.493 e. The number of rotatable bonds is 6. The van der Waals surface area contributed by atoms with Crippen LogP contribution in [-0.2, 0) is 9.59 Å². The molecule has 0 fully saturated rings. The highest BCUT2D eigenvalue weighted by Gasteiger charge is 2.15. The number of hydrogen-bond acceptors (Lipinski definition) is 3. The van der Waals surface area contributed by atoms with Gasteiger partial charge < -0.3 is 15.4 Å². The Kier molecular flexibility index (Phi) is 6.72. The maximum Gasteiger partial charge on any atom is 0.313 e. The highest BCUT2D eigenvalue weighted by molar-refractivity contribution is 6.39. The van der Waals surface area contributed by atoms with Gasteiger partial charge in [0.2, 0.25) is 0 Å². The van der Waals surface area contributed by atoms with Crippen molar-refractivity contribution < 1.29 is 14.3 Å². The Morgan fingerprint density at radius 3 is 2.24 bits per heavy atom. The number of benzene rings is 1. The van der Waals surface area contributed by atoms with Gasteiger partial charge in [-0.1, -0.05) is 20.8 Å². The Labute approximate surface area is 126 Å². The van der Waals surface area contributed by atoms with Gasteiger partial charge in [0.1, 0.15) is 5.75 Å². The van der Waals surface area contributed by atoms with Crippen LogP contribution < -0.4 is 15.4 Å². The fourth-order valence-corrected chi connectivity index (χ4v) is 1.48. The summed E-state index contributed by atoms with van der Waals surface area (Å²) in [7, 11) is 0. The van der Waals surface area contributed by atoms with E-state index in [1.54, 1.807) is 24.3 Å². The predicted molar refractivity (Wildman–Crippen MR) is 83.3 cm³/mol. The lowest BCUT2D eigenvalue weighted by molar-refractivity contribution is -0.136. The van der Waals surface area contributed by atoms with E-state index in [1.165, 1.54) is 0 Å². The van der Waals surface area contributed by atoms with Crippen LogP contribution in [0.25, 0.3) is 0 Å². The average molecular weight is 292 g/mol. The molecule has 116 valence electrons. The summed E-state index contributed by atoms with van der Waals surface area (Å²) in [4.78, 5) is 23.3. The van der Waals surface area contributed by atoms with Gasteiger partial charge >= 0.3 is 11.8 Å². The molecule has 0 saturated carbocycles. The molecule has 2 amide bonds. The van der Waals surface area contributed by atoms with Crippen LogP contribution in [0.5, 0.6) is 5.75 Å². The topological polar surface area (TPSA) is 67.4 Å². The zero-order chi connectivity index (χ0) is 15.8. The molecule has 1 aromatic carbocycles. The molecule has 1 rings (SSSR count). The fourth-order valence-electron chi connectivity index (χ4n) is 1.48. The average Bonchev–Trinajstić information content (AvgIpc) is 2.46. The van der Waals surface area contributed by atoms with Gasteiger partial charge in [0.05, 0.1) is 6.61 Å². The molecule has 0 saturated heterocycles. The molecule has 0 aliphatic rings. The van der Waals surface area contributed by atoms with Crippen molar-refractivity contribution in [3.63, 3.8) is 0 Å². The van der Waals surface area contributed by atoms with Crippen molar-refractivity contribution in [3.05, 3.63) is 24.3 Å². The number of ether oxygens (including phenoxy) is 1. The van der Waals surface area contributed by atoms with E-state index in [0.29, 0.717) is 18.2 Å². The quantitative estimate of drug-likeness (QED) is 0.792. The first-order valence-electron chi connectivity index (χ1n) is 7.27. The summed E-state index contributed by atoms with van der Waals surface area (Å²) in [5.74, 6) is -0.0879. The molecule has 0 aliphatic heterocycles. The van der Waals surface area contributed by atoms with Crippen molar-refractivity contribution in [2.45, 2.75) is 40.2 Å². The van der Waals surface area contributed by atoms with E-state index < -0.39 is 11.8 Å². The summed E-state index contributed by atoms with van der Waals surface area (Å²) in [6, 6.07) is 6.94. The first-order chi connectivity index (χ1) is 9.92. The summed E-state index contributed by atoms with van der Waals surface area (Å²) < 4.78 is 5.55. The SMILES string of the molecule is CC[C@H](C)NC(=O)C(=O)Nc1ccc(OCC(C)C)cc1. The summed E-state index contributed by atoms with van der Waals surface area (Å²) >= 11 is 0. The first-order valence-corrected chi connectivity index (χ1v) is 7.27. The second kappa shape index (κ2) is 8.29. The van der Waals surface area contributed by atoms with Crippen molar-refractivity contribution in [2.75, 3.05) is 11.9 Å². The van der Waals surface area contributed by atoms with Gasteiger partial charge in [0.25, 0.3) is 0 Å². The van der Waals surface area contributed by atoms with Crippen molar-refractivity contribution in [3.8, 4) is 5.75 Å². The smallest absolute Gasteiger partial charge is 0.313 e. The lowest BCUT2D eigenvalue weighted by atomic mass is 10.2. The van der Waals surface area contributed by atoms with Gasteiger partial charge in [-0.3, -0.25) is 9.59 Å². The van der Waals surface area contributed by atoms with Crippen LogP contribution in [0.2, 0.25) is 0 Å². The molecule has 5 nitrogen and oxygen atoms in total. The van der Waals surface area contributed by atoms with Crippen molar-refractivity contribution in [1.82, 2.24) is 5.32 Å². The Morgan fingerprint density at radius 2 is 1.71 bits per heavy atom. The van der Waals surface area contributed by atoms with E-state index in [9.17, 15) is 9.59 Å². The van der Waals surface area contributed by atoms with Crippen LogP contribution in [-0.4, -0.2) is 24.5 Å². The number of anilines is 1. The van der Waals surface area contributed by atoms with E-state index in [0.717, 1.165) is 12.2 Å². The van der Waals surface area contributed by atoms with Crippen LogP contribution >= 0.6 is 0 Å². The molecular formula is C16H24N2O3. The molecule has 0 aromatic heterocycles. The van der Waals surface area contributed by atoms with E-state index in [1.807, 2.05) is 13.8 Å². The second-order valence-electron chi connectivity index (χ2n) is 5.47. The normalized spacial score (nSPS) is 11.9. The summed E-state index contributed by atoms with van der Waals surface area (Å²) in [5.41, 5.74) is 0.566. The van der Waals surface area contributed by atoms with Crippen LogP contribution in [0.4, 0.5) is 5.69 Å². The molecule has 2 N–H and O–H groups in total. The fraction of sp³-hybridized carbons (Fsp3) is 0.500. The Bertz CT molecular complexity index is 469. The molecule has 0 bridgehead atoms. The number of nitrogens with one attached hydrogen (secondary N) is 2. The standard InChI is InChI=1S/C16H24N2O3/c1-5-12(4)17-15(19)16(20)18-13-6-8-14(9-7-13)21-10-11(2)3/h6-9,11-12H,5,10H2,1-4H3,(H,17,19)(H,18,20)/t12-/m0/s1. The van der Waals surface area contributed by atoms with Crippen LogP contribution in [0.15, 0.2) is 24.3 Å². The first kappa shape index (κ1) is 17.0. The zero-order valence-electron chi connectivity index (χ0n) is 13.1. The molecule has 5 heteroatoms. The van der Waals surface area contributed by atoms with E-state index in [-0.39, 0.29) is 6.04 Å². The van der Waals surface area contributed by atoms with Crippen molar-refractivity contribution in [2.24, 2.45) is 5.92 Å². The Hall–Kier alpha value is -2.04. The monoisotopic (exact) mass is 292 g/mol. The zero-order valence-corrected chi connectivity index (χ0v) is 13.1. The molecule has 0 heterocycles. The highest BCUT2D eigenvalue weighted by atomic mass is 16.5. The van der Waals surface area contributed by atoms with Crippen LogP contribution in [0.1, 0.15) is 34.1 Å². The number of carbonyl (C=O) groups is 2. The highest BCUT2D eigenvalue weighted by Crippen LogP contribution is 2.16. The number of amides is 2. The minimum absolute atomic E-state index is 0.0185. The minimum atomic E-state index is -0.661. The summed E-state index contributed by atoms with van der Waals surface area (Å²) in [6.07, 6.45) is 0.779. The summed E-state index contributed by atoms with van der Waals surface area (Å²) in [5, 5.41) is 5.17. The molecule has 1 atom stereocenters. The molecule has 0 radical (unpaired) electrons. The van der Waals surface area contributed by atoms with Gasteiger partial charge in [-0.15, -0.1) is 0 Å². The maximum absolute atomic E-state index is 11.7. The summed E-state index contributed by atoms with van der Waals surface area (Å²) in [6.45, 7) is 8.59. The third-order valence-corrected chi connectivity index (χ3v) is 2.89. The third kappa shape index (κ3) is 6.29. The number of hydrogen-bond donors (Lipinski definition) is 2. The minimum Gasteiger partial charge on any atom is -0.493 e. The third-order valence-electron chi connectivity index (χ3n) is 2.89. The Morgan fingerprint density at radius 1 is 1.10 bits per heavy atom. The molecule has 0 spiro atoms. The Balaban J connectivity index is 2.51. The van der Waals surface area contributed by atoms with E-state index in [4.69, 9.17) is 4.74 Å². The number of carbonyl (C=O) groups excluding carboxylic acids is 2. The van der Waals surface area contributed by atoms with Gasteiger partial charge in [-0.2, -0.15) is 0 Å². The van der Waals surface area contributed by atoms with E-state index >= 15 is 0 Å². The van der Waals surface area contributed by atoms with E-state index in [2.05, 4.69) is 24.5 Å². The molecule has 21 heavy (non-hydrogen) atoms.